The number of hydrogen-bond acceptors (Lipinski definition) is 17. The predicted octanol–water partition coefficient (Wildman–Crippen LogP) is 15.0. The van der Waals surface area contributed by atoms with Crippen molar-refractivity contribution in [2.45, 2.75) is 114 Å². The van der Waals surface area contributed by atoms with Crippen LogP contribution in [0.25, 0.3) is 55.3 Å². The SMILES string of the molecule is CCl.CN1CCC(N)CC1.CN1CCC(NC(=O)[C@@H](NC(=O)OCC2c3ccccc3-c3ccccc32)c2ccccc2)CC1.COc1cc2c(cc1-c1c(C)noc1C)[nH]c1nc(C)nc(N[C@H](C(=O)NC3CCN(C)CC3)c3ccccc3)c12.O=C(C[C@H](C(=O)O)c1ccccc1)OCC1c2ccccc2-c2ccccc21. The molecule has 6 heterocycles. The lowest BCUT2D eigenvalue weighted by Crippen LogP contribution is -2.48. The summed E-state index contributed by atoms with van der Waals surface area (Å²) in [5, 5.41) is 28.0. The summed E-state index contributed by atoms with van der Waals surface area (Å²) in [6.45, 7) is 12.2. The van der Waals surface area contributed by atoms with Crippen LogP contribution in [-0.4, -0.2) is 175 Å². The molecule has 0 radical (unpaired) electrons. The molecular weight excluding hydrogens is 1460 g/mol. The normalized spacial score (nSPS) is 15.8. The predicted molar refractivity (Wildman–Crippen MR) is 448 cm³/mol. The molecule has 3 aromatic heterocycles. The number of aromatic nitrogens is 4. The number of aromatic amines is 1. The van der Waals surface area contributed by atoms with Gasteiger partial charge in [0.2, 0.25) is 11.8 Å². The number of nitrogens with one attached hydrogen (secondary N) is 5. The third kappa shape index (κ3) is 20.0. The number of alkyl carbamates (subject to hydrolysis) is 1. The van der Waals surface area contributed by atoms with Gasteiger partial charge in [-0.15, -0.1) is 11.6 Å². The lowest BCUT2D eigenvalue weighted by Gasteiger charge is -2.31. The summed E-state index contributed by atoms with van der Waals surface area (Å²) >= 11 is 4.64. The van der Waals surface area contributed by atoms with E-state index in [9.17, 15) is 29.1 Å². The summed E-state index contributed by atoms with van der Waals surface area (Å²) < 4.78 is 22.5. The van der Waals surface area contributed by atoms with E-state index in [0.29, 0.717) is 34.6 Å². The van der Waals surface area contributed by atoms with Gasteiger partial charge in [-0.25, -0.2) is 14.8 Å². The molecule has 8 aromatic carbocycles. The van der Waals surface area contributed by atoms with Crippen LogP contribution < -0.4 is 31.7 Å². The number of methoxy groups -OCH3 is 1. The standard InChI is InChI=1S/C31H35N7O3.C29H31N3O3.C24H20O4.C6H14N2.CH3Cl/c1-17-26(18(2)41-37-17)23-15-24-22(16-25(23)40-5)27-29(35-24)32-19(3)33-30(27)36-28(20-9-7-6-8-10-20)31(39)34-21-11-13-38(4)14-12-21;1-32-17-15-21(16-18-32)30-28(33)27(20-9-3-2-4-10-20)31-29(34)35-19-26-24-13-7-5-11-22(24)23-12-6-8-14-25(23)26;25-23(14-21(24(26)27)16-8-2-1-3-9-16)28-15-22-19-12-6-4-10-17(19)18-11-5-7-13-20(18)22;1-8-4-2-6(7)3-5-8;1-2/h6-10,15-16,21,28H,11-14H2,1-5H3,(H,34,39)(H2,32,33,35,36);2-14,21,26-27H,15-19H2,1H3,(H,30,33)(H,31,34);1-13,21-22H,14-15H2,(H,26,27);6H,2-5,7H2,1H3;1H3/t28-;27-;21-;;/m000../s1. The molecule has 594 valence electrons. The second-order valence-electron chi connectivity index (χ2n) is 29.8. The van der Waals surface area contributed by atoms with Gasteiger partial charge < -0.3 is 70.5 Å². The summed E-state index contributed by atoms with van der Waals surface area (Å²) in [5.74, 6) is -0.213. The van der Waals surface area contributed by atoms with Crippen molar-refractivity contribution in [3.8, 4) is 39.1 Å². The molecule has 3 saturated heterocycles. The molecule has 8 N–H and O–H groups in total. The second kappa shape index (κ2) is 39.0. The smallest absolute Gasteiger partial charge is 0.408 e. The Hall–Kier alpha value is -11.3. The zero-order valence-corrected chi connectivity index (χ0v) is 66.8. The molecule has 114 heavy (non-hydrogen) atoms. The lowest BCUT2D eigenvalue weighted by molar-refractivity contribution is -0.149. The molecule has 3 aliphatic heterocycles. The number of anilines is 1. The minimum Gasteiger partial charge on any atom is -0.496 e. The van der Waals surface area contributed by atoms with Crippen LogP contribution in [0, 0.1) is 20.8 Å². The Morgan fingerprint density at radius 2 is 0.991 bits per heavy atom. The molecule has 22 nitrogen and oxygen atoms in total. The van der Waals surface area contributed by atoms with Gasteiger partial charge in [-0.05, 0) is 193 Å². The minimum absolute atomic E-state index is 0.0311. The largest absolute Gasteiger partial charge is 0.496 e. The Balaban J connectivity index is 0.000000151. The highest BCUT2D eigenvalue weighted by Crippen LogP contribution is 2.47. The Labute approximate surface area is 671 Å². The van der Waals surface area contributed by atoms with Gasteiger partial charge in [0.25, 0.3) is 0 Å². The number of H-pyrrole nitrogens is 1. The van der Waals surface area contributed by atoms with Gasteiger partial charge in [0.05, 0.1) is 36.1 Å². The van der Waals surface area contributed by atoms with Crippen molar-refractivity contribution in [3.63, 3.8) is 0 Å². The van der Waals surface area contributed by atoms with Crippen LogP contribution in [0.1, 0.15) is 131 Å². The molecule has 16 rings (SSSR count). The summed E-state index contributed by atoms with van der Waals surface area (Å²) in [4.78, 5) is 83.8. The first kappa shape index (κ1) is 82.2. The van der Waals surface area contributed by atoms with Crippen molar-refractivity contribution < 1.29 is 47.8 Å². The maximum Gasteiger partial charge on any atom is 0.408 e. The number of carbonyl (C=O) groups is 5. The van der Waals surface area contributed by atoms with Gasteiger partial charge >= 0.3 is 18.0 Å². The third-order valence-electron chi connectivity index (χ3n) is 22.0. The zero-order valence-electron chi connectivity index (χ0n) is 66.0. The highest BCUT2D eigenvalue weighted by Gasteiger charge is 2.35. The van der Waals surface area contributed by atoms with Crippen LogP contribution in [0.2, 0.25) is 0 Å². The van der Waals surface area contributed by atoms with Crippen LogP contribution in [0.3, 0.4) is 0 Å². The molecule has 0 spiro atoms. The summed E-state index contributed by atoms with van der Waals surface area (Å²) in [7, 11) is 7.99. The zero-order chi connectivity index (χ0) is 80.4. The van der Waals surface area contributed by atoms with Crippen molar-refractivity contribution in [1.29, 1.82) is 0 Å². The third-order valence-corrected chi connectivity index (χ3v) is 22.0. The number of carboxylic acids is 1. The van der Waals surface area contributed by atoms with Crippen molar-refractivity contribution in [2.24, 2.45) is 5.73 Å². The van der Waals surface area contributed by atoms with E-state index >= 15 is 0 Å². The molecule has 0 bridgehead atoms. The van der Waals surface area contributed by atoms with Crippen molar-refractivity contribution in [2.75, 3.05) is 92.4 Å². The highest BCUT2D eigenvalue weighted by molar-refractivity contribution is 6.15. The van der Waals surface area contributed by atoms with Gasteiger partial charge in [0.15, 0.2) is 0 Å². The number of benzene rings is 8. The van der Waals surface area contributed by atoms with Crippen LogP contribution in [0.15, 0.2) is 205 Å². The Bertz CT molecular complexity index is 4960. The lowest BCUT2D eigenvalue weighted by atomic mass is 9.96. The van der Waals surface area contributed by atoms with Gasteiger partial charge in [0.1, 0.15) is 54.1 Å². The number of hydrogen-bond donors (Lipinski definition) is 7. The van der Waals surface area contributed by atoms with Crippen molar-refractivity contribution in [1.82, 2.24) is 50.8 Å². The number of carbonyl (C=O) groups excluding carboxylic acids is 4. The van der Waals surface area contributed by atoms with E-state index in [1.165, 1.54) is 43.4 Å². The molecule has 23 heteroatoms. The Kier molecular flexibility index (Phi) is 28.1. The molecular formula is C91H103ClN12O10. The maximum atomic E-state index is 13.8. The molecule has 3 amide bonds. The number of fused-ring (bicyclic) bond motifs is 9. The number of amides is 3. The Morgan fingerprint density at radius 3 is 1.44 bits per heavy atom. The second-order valence-corrected chi connectivity index (χ2v) is 29.8. The number of nitrogens with two attached hydrogens (primary N) is 1. The van der Waals surface area contributed by atoms with E-state index in [1.807, 2.05) is 148 Å². The van der Waals surface area contributed by atoms with E-state index in [1.54, 1.807) is 31.4 Å². The summed E-state index contributed by atoms with van der Waals surface area (Å²) in [5.41, 5.74) is 21.2. The highest BCUT2D eigenvalue weighted by atomic mass is 35.5. The maximum absolute atomic E-state index is 13.8. The monoisotopic (exact) mass is 1560 g/mol. The van der Waals surface area contributed by atoms with Crippen molar-refractivity contribution >= 4 is 69.2 Å². The number of halogens is 1. The van der Waals surface area contributed by atoms with E-state index in [2.05, 4.69) is 127 Å². The number of ether oxygens (including phenoxy) is 3. The van der Waals surface area contributed by atoms with Gasteiger partial charge in [0, 0.05) is 52.8 Å². The number of piperidine rings is 3. The fourth-order valence-electron chi connectivity index (χ4n) is 15.8. The molecule has 3 fully saturated rings. The number of rotatable bonds is 19. The quantitative estimate of drug-likeness (QED) is 0.0292. The number of esters is 1. The first-order valence-electron chi connectivity index (χ1n) is 39.1. The number of carboxylic acid groups (broad SMARTS) is 1. The topological polar surface area (TPSA) is 285 Å². The average Bonchev–Trinajstić information content (AvgIpc) is 1.60. The van der Waals surface area contributed by atoms with Crippen molar-refractivity contribution in [3.05, 3.63) is 256 Å². The fraction of sp³-hybridized carbons (Fsp3) is 0.341. The fourth-order valence-corrected chi connectivity index (χ4v) is 15.8. The van der Waals surface area contributed by atoms with Crippen LogP contribution in [0.5, 0.6) is 5.75 Å². The van der Waals surface area contributed by atoms with E-state index < -0.39 is 36.0 Å². The first-order chi connectivity index (χ1) is 55.3. The van der Waals surface area contributed by atoms with Crippen LogP contribution in [-0.2, 0) is 28.7 Å². The number of nitrogens with zero attached hydrogens (tertiary/aromatic N) is 6. The van der Waals surface area contributed by atoms with Gasteiger partial charge in [-0.2, -0.15) is 0 Å². The van der Waals surface area contributed by atoms with E-state index in [-0.39, 0.29) is 55.4 Å². The number of alkyl halides is 1. The molecule has 3 atom stereocenters. The average molecular weight is 1560 g/mol. The van der Waals surface area contributed by atoms with E-state index in [4.69, 9.17) is 34.4 Å². The minimum atomic E-state index is -1.03. The number of aliphatic carboxylic acids is 1. The first-order valence-corrected chi connectivity index (χ1v) is 39.8. The molecule has 0 unspecified atom stereocenters. The molecule has 2 aliphatic carbocycles. The van der Waals surface area contributed by atoms with Gasteiger partial charge in [-0.1, -0.05) is 193 Å². The van der Waals surface area contributed by atoms with Crippen LogP contribution >= 0.6 is 11.6 Å². The molecule has 0 saturated carbocycles. The molecule has 5 aliphatic rings. The van der Waals surface area contributed by atoms with E-state index in [0.717, 1.165) is 135 Å². The number of aryl methyl sites for hydroxylation is 3. The molecule has 11 aromatic rings. The Morgan fingerprint density at radius 1 is 0.561 bits per heavy atom. The number of likely N-dealkylation sites (tertiary alicyclic amines) is 3. The van der Waals surface area contributed by atoms with Gasteiger partial charge in [-0.3, -0.25) is 19.2 Å². The summed E-state index contributed by atoms with van der Waals surface area (Å²) in [6, 6.07) is 63.8. The summed E-state index contributed by atoms with van der Waals surface area (Å²) in [6.07, 6.45) is 6.69. The van der Waals surface area contributed by atoms with Crippen LogP contribution in [0.4, 0.5) is 10.6 Å².